The summed E-state index contributed by atoms with van der Waals surface area (Å²) in [7, 11) is 0. The van der Waals surface area contributed by atoms with Gasteiger partial charge in [-0.3, -0.25) is 14.3 Å². The third-order valence-electron chi connectivity index (χ3n) is 4.82. The molecule has 1 fully saturated rings. The van der Waals surface area contributed by atoms with Gasteiger partial charge in [0.25, 0.3) is 5.91 Å². The number of ether oxygens (including phenoxy) is 1. The van der Waals surface area contributed by atoms with Gasteiger partial charge in [0.05, 0.1) is 24.5 Å². The maximum Gasteiger partial charge on any atom is 0.250 e. The number of benzene rings is 1. The van der Waals surface area contributed by atoms with Crippen LogP contribution < -0.4 is 16.4 Å². The topological polar surface area (TPSA) is 123 Å². The number of amides is 1. The number of rotatable bonds is 8. The number of hydrogen-bond acceptors (Lipinski definition) is 8. The molecular weight excluding hydrogens is 384 g/mol. The zero-order valence-corrected chi connectivity index (χ0v) is 16.5. The van der Waals surface area contributed by atoms with Gasteiger partial charge in [0.2, 0.25) is 5.95 Å². The van der Waals surface area contributed by atoms with Crippen molar-refractivity contribution >= 4 is 23.4 Å². The van der Waals surface area contributed by atoms with Crippen molar-refractivity contribution in [3.8, 4) is 5.82 Å². The first-order valence-corrected chi connectivity index (χ1v) is 9.76. The van der Waals surface area contributed by atoms with E-state index in [0.29, 0.717) is 23.0 Å². The summed E-state index contributed by atoms with van der Waals surface area (Å²) in [5.74, 6) is 1.38. The Morgan fingerprint density at radius 2 is 2.00 bits per heavy atom. The van der Waals surface area contributed by atoms with Gasteiger partial charge in [-0.15, -0.1) is 0 Å². The van der Waals surface area contributed by atoms with Crippen molar-refractivity contribution < 1.29 is 9.53 Å². The standard InChI is InChI=1S/C20H24N8O2/c21-19(29)15-3-1-2-4-16(15)26-20-23-6-8-28(20)18-13-17(24-14-25-18)22-5-7-27-9-11-30-12-10-27/h1-4,6,8,13-14H,5,7,9-12H2,(H2,21,29)(H,23,26)(H,22,24,25). The lowest BCUT2D eigenvalue weighted by atomic mass is 10.1. The lowest BCUT2D eigenvalue weighted by Crippen LogP contribution is -2.39. The summed E-state index contributed by atoms with van der Waals surface area (Å²) in [4.78, 5) is 27.0. The van der Waals surface area contributed by atoms with Crippen LogP contribution in [0.1, 0.15) is 10.4 Å². The van der Waals surface area contributed by atoms with Gasteiger partial charge in [-0.1, -0.05) is 12.1 Å². The lowest BCUT2D eigenvalue weighted by Gasteiger charge is -2.26. The molecule has 30 heavy (non-hydrogen) atoms. The Morgan fingerprint density at radius 3 is 2.83 bits per heavy atom. The molecule has 0 radical (unpaired) electrons. The van der Waals surface area contributed by atoms with Crippen molar-refractivity contribution in [2.45, 2.75) is 0 Å². The molecule has 0 spiro atoms. The van der Waals surface area contributed by atoms with Crippen molar-refractivity contribution in [2.75, 3.05) is 50.0 Å². The van der Waals surface area contributed by atoms with Crippen molar-refractivity contribution in [1.29, 1.82) is 0 Å². The van der Waals surface area contributed by atoms with Gasteiger partial charge in [-0.05, 0) is 12.1 Å². The molecule has 1 amide bonds. The normalized spacial score (nSPS) is 14.4. The fourth-order valence-corrected chi connectivity index (χ4v) is 3.25. The predicted molar refractivity (Wildman–Crippen MR) is 113 cm³/mol. The van der Waals surface area contributed by atoms with Gasteiger partial charge in [0.15, 0.2) is 0 Å². The summed E-state index contributed by atoms with van der Waals surface area (Å²) < 4.78 is 7.16. The molecule has 156 valence electrons. The van der Waals surface area contributed by atoms with E-state index >= 15 is 0 Å². The van der Waals surface area contributed by atoms with Crippen molar-refractivity contribution in [3.63, 3.8) is 0 Å². The van der Waals surface area contributed by atoms with Gasteiger partial charge in [-0.2, -0.15) is 0 Å². The minimum atomic E-state index is -0.509. The molecule has 10 nitrogen and oxygen atoms in total. The summed E-state index contributed by atoms with van der Waals surface area (Å²) in [5, 5.41) is 6.50. The number of morpholine rings is 1. The van der Waals surface area contributed by atoms with Gasteiger partial charge < -0.3 is 21.1 Å². The number of aromatic nitrogens is 4. The number of imidazole rings is 1. The van der Waals surface area contributed by atoms with Crippen LogP contribution in [0.5, 0.6) is 0 Å². The molecular formula is C20H24N8O2. The fraction of sp³-hybridized carbons (Fsp3) is 0.300. The van der Waals surface area contributed by atoms with Crippen LogP contribution in [-0.4, -0.2) is 69.7 Å². The number of primary amides is 1. The Morgan fingerprint density at radius 1 is 1.17 bits per heavy atom. The molecule has 3 heterocycles. The number of para-hydroxylation sites is 1. The van der Waals surface area contributed by atoms with Crippen LogP contribution in [0.3, 0.4) is 0 Å². The van der Waals surface area contributed by atoms with Crippen LogP contribution in [0.2, 0.25) is 0 Å². The zero-order chi connectivity index (χ0) is 20.8. The summed E-state index contributed by atoms with van der Waals surface area (Å²) in [5.41, 5.74) is 6.44. The minimum Gasteiger partial charge on any atom is -0.379 e. The highest BCUT2D eigenvalue weighted by Crippen LogP contribution is 2.22. The van der Waals surface area contributed by atoms with E-state index in [4.69, 9.17) is 10.5 Å². The quantitative estimate of drug-likeness (QED) is 0.509. The Bertz CT molecular complexity index is 1000. The second kappa shape index (κ2) is 9.33. The molecule has 0 unspecified atom stereocenters. The number of nitrogens with two attached hydrogens (primary N) is 1. The van der Waals surface area contributed by atoms with Crippen LogP contribution in [0, 0.1) is 0 Å². The first-order chi connectivity index (χ1) is 14.7. The molecule has 4 rings (SSSR count). The fourth-order valence-electron chi connectivity index (χ4n) is 3.25. The van der Waals surface area contributed by atoms with Crippen LogP contribution >= 0.6 is 0 Å². The molecule has 4 N–H and O–H groups in total. The third-order valence-corrected chi connectivity index (χ3v) is 4.82. The van der Waals surface area contributed by atoms with Crippen LogP contribution in [0.15, 0.2) is 49.1 Å². The number of carbonyl (C=O) groups is 1. The molecule has 0 atom stereocenters. The molecule has 1 aliphatic heterocycles. The van der Waals surface area contributed by atoms with E-state index in [1.807, 2.05) is 12.1 Å². The van der Waals surface area contributed by atoms with Crippen LogP contribution in [0.4, 0.5) is 17.5 Å². The largest absolute Gasteiger partial charge is 0.379 e. The minimum absolute atomic E-state index is 0.389. The van der Waals surface area contributed by atoms with Crippen LogP contribution in [0.25, 0.3) is 5.82 Å². The van der Waals surface area contributed by atoms with Crippen molar-refractivity contribution in [3.05, 3.63) is 54.6 Å². The Kier molecular flexibility index (Phi) is 6.16. The average molecular weight is 408 g/mol. The van der Waals surface area contributed by atoms with E-state index in [-0.39, 0.29) is 0 Å². The number of hydrogen-bond donors (Lipinski definition) is 3. The highest BCUT2D eigenvalue weighted by atomic mass is 16.5. The van der Waals surface area contributed by atoms with Crippen molar-refractivity contribution in [1.82, 2.24) is 24.4 Å². The zero-order valence-electron chi connectivity index (χ0n) is 16.5. The van der Waals surface area contributed by atoms with E-state index in [1.54, 1.807) is 35.2 Å². The van der Waals surface area contributed by atoms with Crippen molar-refractivity contribution in [2.24, 2.45) is 5.73 Å². The maximum atomic E-state index is 11.7. The van der Waals surface area contributed by atoms with Gasteiger partial charge in [0.1, 0.15) is 18.0 Å². The van der Waals surface area contributed by atoms with E-state index in [9.17, 15) is 4.79 Å². The predicted octanol–water partition coefficient (Wildman–Crippen LogP) is 1.25. The van der Waals surface area contributed by atoms with E-state index in [2.05, 4.69) is 30.5 Å². The smallest absolute Gasteiger partial charge is 0.250 e. The summed E-state index contributed by atoms with van der Waals surface area (Å²) in [6.45, 7) is 5.17. The van der Waals surface area contributed by atoms with Crippen LogP contribution in [-0.2, 0) is 4.74 Å². The molecule has 1 saturated heterocycles. The molecule has 1 aromatic carbocycles. The Labute approximate surface area is 174 Å². The Balaban J connectivity index is 1.46. The molecule has 0 aliphatic carbocycles. The molecule has 1 aliphatic rings. The Hall–Kier alpha value is -3.50. The van der Waals surface area contributed by atoms with E-state index in [1.165, 1.54) is 6.33 Å². The second-order valence-electron chi connectivity index (χ2n) is 6.80. The first-order valence-electron chi connectivity index (χ1n) is 9.76. The number of anilines is 3. The molecule has 3 aromatic rings. The number of nitrogens with one attached hydrogen (secondary N) is 2. The molecule has 10 heteroatoms. The number of carbonyl (C=O) groups excluding carboxylic acids is 1. The number of nitrogens with zero attached hydrogens (tertiary/aromatic N) is 5. The van der Waals surface area contributed by atoms with E-state index in [0.717, 1.165) is 45.2 Å². The van der Waals surface area contributed by atoms with Gasteiger partial charge in [0, 0.05) is 44.6 Å². The first kappa shape index (κ1) is 19.8. The average Bonchev–Trinajstić information content (AvgIpc) is 3.23. The SMILES string of the molecule is NC(=O)c1ccccc1Nc1nccn1-c1cc(NCCN2CCOCC2)ncn1. The monoisotopic (exact) mass is 408 g/mol. The van der Waals surface area contributed by atoms with Gasteiger partial charge in [-0.25, -0.2) is 15.0 Å². The summed E-state index contributed by atoms with van der Waals surface area (Å²) in [6.07, 6.45) is 4.95. The van der Waals surface area contributed by atoms with Gasteiger partial charge >= 0.3 is 0 Å². The lowest BCUT2D eigenvalue weighted by molar-refractivity contribution is 0.0398. The summed E-state index contributed by atoms with van der Waals surface area (Å²) >= 11 is 0. The van der Waals surface area contributed by atoms with E-state index < -0.39 is 5.91 Å². The maximum absolute atomic E-state index is 11.7. The molecule has 0 bridgehead atoms. The molecule has 0 saturated carbocycles. The highest BCUT2D eigenvalue weighted by Gasteiger charge is 2.13. The third kappa shape index (κ3) is 4.73. The molecule has 2 aromatic heterocycles. The second-order valence-corrected chi connectivity index (χ2v) is 6.80. The highest BCUT2D eigenvalue weighted by molar-refractivity contribution is 5.99. The summed E-state index contributed by atoms with van der Waals surface area (Å²) in [6, 6.07) is 8.88.